The molecule has 0 aliphatic rings. The molecule has 0 saturated carbocycles. The SMILES string of the molecule is COc1cc(OC)cc(-c2cc(C)c(N=C(N)Nc3ccc(C)cc3)c(N)c2)c1. The van der Waals surface area contributed by atoms with Gasteiger partial charge in [-0.05, 0) is 66.9 Å². The van der Waals surface area contributed by atoms with E-state index in [1.807, 2.05) is 68.4 Å². The third kappa shape index (κ3) is 4.79. The fourth-order valence-electron chi connectivity index (χ4n) is 3.03. The molecule has 150 valence electrons. The second-order valence-corrected chi connectivity index (χ2v) is 6.82. The quantitative estimate of drug-likeness (QED) is 0.335. The van der Waals surface area contributed by atoms with Crippen LogP contribution in [0.2, 0.25) is 0 Å². The van der Waals surface area contributed by atoms with Crippen LogP contribution < -0.4 is 26.3 Å². The molecule has 0 fully saturated rings. The Balaban J connectivity index is 1.92. The molecule has 0 aliphatic heterocycles. The summed E-state index contributed by atoms with van der Waals surface area (Å²) in [5, 5.41) is 3.09. The Bertz CT molecular complexity index is 998. The average molecular weight is 390 g/mol. The van der Waals surface area contributed by atoms with Crippen molar-refractivity contribution in [3.63, 3.8) is 0 Å². The number of guanidine groups is 1. The van der Waals surface area contributed by atoms with E-state index in [0.717, 1.165) is 22.4 Å². The van der Waals surface area contributed by atoms with E-state index in [1.165, 1.54) is 5.56 Å². The first-order valence-corrected chi connectivity index (χ1v) is 9.21. The van der Waals surface area contributed by atoms with Crippen molar-refractivity contribution in [2.75, 3.05) is 25.3 Å². The van der Waals surface area contributed by atoms with Crippen molar-refractivity contribution in [2.45, 2.75) is 13.8 Å². The summed E-state index contributed by atoms with van der Waals surface area (Å²) in [6, 6.07) is 17.5. The van der Waals surface area contributed by atoms with Crippen LogP contribution in [-0.2, 0) is 0 Å². The fourth-order valence-corrected chi connectivity index (χ4v) is 3.03. The summed E-state index contributed by atoms with van der Waals surface area (Å²) in [6.07, 6.45) is 0. The van der Waals surface area contributed by atoms with Crippen LogP contribution in [0.3, 0.4) is 0 Å². The topological polar surface area (TPSA) is 94.9 Å². The highest BCUT2D eigenvalue weighted by Gasteiger charge is 2.10. The standard InChI is InChI=1S/C23H26N4O2/c1-14-5-7-18(8-6-14)26-23(25)27-22-15(2)9-16(12-21(22)24)17-10-19(28-3)13-20(11-17)29-4/h5-13H,24H2,1-4H3,(H3,25,26,27). The number of aliphatic imine (C=N–C) groups is 1. The molecule has 3 aromatic rings. The second kappa shape index (κ2) is 8.56. The lowest BCUT2D eigenvalue weighted by Crippen LogP contribution is -2.22. The van der Waals surface area contributed by atoms with Gasteiger partial charge in [-0.15, -0.1) is 0 Å². The first-order chi connectivity index (χ1) is 13.9. The molecule has 6 heteroatoms. The van der Waals surface area contributed by atoms with E-state index in [2.05, 4.69) is 10.3 Å². The second-order valence-electron chi connectivity index (χ2n) is 6.82. The van der Waals surface area contributed by atoms with Crippen molar-refractivity contribution in [1.29, 1.82) is 0 Å². The average Bonchev–Trinajstić information content (AvgIpc) is 2.71. The van der Waals surface area contributed by atoms with Crippen molar-refractivity contribution < 1.29 is 9.47 Å². The Morgan fingerprint density at radius 2 is 1.45 bits per heavy atom. The van der Waals surface area contributed by atoms with Crippen molar-refractivity contribution in [1.82, 2.24) is 0 Å². The molecule has 0 atom stereocenters. The van der Waals surface area contributed by atoms with Gasteiger partial charge in [0.25, 0.3) is 0 Å². The number of methoxy groups -OCH3 is 2. The van der Waals surface area contributed by atoms with Crippen LogP contribution in [0.4, 0.5) is 17.1 Å². The summed E-state index contributed by atoms with van der Waals surface area (Å²) >= 11 is 0. The number of aryl methyl sites for hydroxylation is 2. The molecule has 0 radical (unpaired) electrons. The monoisotopic (exact) mass is 390 g/mol. The van der Waals surface area contributed by atoms with Crippen molar-refractivity contribution in [3.8, 4) is 22.6 Å². The molecule has 3 aromatic carbocycles. The van der Waals surface area contributed by atoms with Gasteiger partial charge in [0.15, 0.2) is 5.96 Å². The molecule has 29 heavy (non-hydrogen) atoms. The van der Waals surface area contributed by atoms with E-state index in [9.17, 15) is 0 Å². The van der Waals surface area contributed by atoms with Crippen LogP contribution in [0.25, 0.3) is 11.1 Å². The van der Waals surface area contributed by atoms with Gasteiger partial charge < -0.3 is 26.3 Å². The molecule has 0 aliphatic carbocycles. The number of nitrogen functional groups attached to an aromatic ring is 1. The summed E-state index contributed by atoms with van der Waals surface area (Å²) in [7, 11) is 3.25. The molecule has 3 rings (SSSR count). The number of rotatable bonds is 5. The molecule has 0 bridgehead atoms. The number of hydrogen-bond donors (Lipinski definition) is 3. The number of ether oxygens (including phenoxy) is 2. The van der Waals surface area contributed by atoms with Gasteiger partial charge in [-0.2, -0.15) is 0 Å². The lowest BCUT2D eigenvalue weighted by Gasteiger charge is -2.13. The summed E-state index contributed by atoms with van der Waals surface area (Å²) in [5.74, 6) is 1.70. The van der Waals surface area contributed by atoms with Crippen LogP contribution >= 0.6 is 0 Å². The Morgan fingerprint density at radius 3 is 2.00 bits per heavy atom. The van der Waals surface area contributed by atoms with Crippen LogP contribution in [0.5, 0.6) is 11.5 Å². The van der Waals surface area contributed by atoms with Crippen molar-refractivity contribution >= 4 is 23.0 Å². The normalized spacial score (nSPS) is 11.2. The molecular formula is C23H26N4O2. The maximum Gasteiger partial charge on any atom is 0.198 e. The highest BCUT2D eigenvalue weighted by molar-refractivity contribution is 5.95. The number of nitrogens with one attached hydrogen (secondary N) is 1. The van der Waals surface area contributed by atoms with E-state index in [4.69, 9.17) is 20.9 Å². The third-order valence-electron chi connectivity index (χ3n) is 4.57. The zero-order valence-electron chi connectivity index (χ0n) is 17.1. The minimum absolute atomic E-state index is 0.277. The minimum atomic E-state index is 0.277. The molecule has 0 aromatic heterocycles. The van der Waals surface area contributed by atoms with Crippen LogP contribution in [0.1, 0.15) is 11.1 Å². The van der Waals surface area contributed by atoms with Crippen LogP contribution in [0.15, 0.2) is 59.6 Å². The zero-order valence-corrected chi connectivity index (χ0v) is 17.1. The summed E-state index contributed by atoms with van der Waals surface area (Å²) in [5.41, 5.74) is 18.4. The first kappa shape index (κ1) is 20.1. The number of nitrogens with zero attached hydrogens (tertiary/aromatic N) is 1. The summed E-state index contributed by atoms with van der Waals surface area (Å²) in [6.45, 7) is 3.99. The maximum absolute atomic E-state index is 6.31. The van der Waals surface area contributed by atoms with E-state index < -0.39 is 0 Å². The minimum Gasteiger partial charge on any atom is -0.497 e. The highest BCUT2D eigenvalue weighted by Crippen LogP contribution is 2.35. The van der Waals surface area contributed by atoms with E-state index in [1.54, 1.807) is 14.2 Å². The third-order valence-corrected chi connectivity index (χ3v) is 4.57. The van der Waals surface area contributed by atoms with Gasteiger partial charge in [-0.1, -0.05) is 17.7 Å². The van der Waals surface area contributed by atoms with Crippen molar-refractivity contribution in [3.05, 3.63) is 65.7 Å². The van der Waals surface area contributed by atoms with E-state index in [0.29, 0.717) is 22.9 Å². The number of nitrogens with two attached hydrogens (primary N) is 2. The van der Waals surface area contributed by atoms with Crippen LogP contribution in [-0.4, -0.2) is 20.2 Å². The van der Waals surface area contributed by atoms with E-state index in [-0.39, 0.29) is 5.96 Å². The zero-order chi connectivity index (χ0) is 21.0. The van der Waals surface area contributed by atoms with Gasteiger partial charge >= 0.3 is 0 Å². The van der Waals surface area contributed by atoms with Crippen LogP contribution in [0, 0.1) is 13.8 Å². The number of hydrogen-bond acceptors (Lipinski definition) is 4. The Hall–Kier alpha value is -3.67. The lowest BCUT2D eigenvalue weighted by molar-refractivity contribution is 0.394. The summed E-state index contributed by atoms with van der Waals surface area (Å²) < 4.78 is 10.7. The molecule has 6 nitrogen and oxygen atoms in total. The Morgan fingerprint density at radius 1 is 0.862 bits per heavy atom. The predicted molar refractivity (Wildman–Crippen MR) is 120 cm³/mol. The Labute approximate surface area is 171 Å². The Kier molecular flexibility index (Phi) is 5.93. The predicted octanol–water partition coefficient (Wildman–Crippen LogP) is 4.63. The highest BCUT2D eigenvalue weighted by atomic mass is 16.5. The van der Waals surface area contributed by atoms with Gasteiger partial charge in [-0.25, -0.2) is 4.99 Å². The van der Waals surface area contributed by atoms with Gasteiger partial charge in [0.1, 0.15) is 11.5 Å². The molecule has 0 amide bonds. The van der Waals surface area contributed by atoms with Gasteiger partial charge in [0, 0.05) is 11.8 Å². The molecule has 5 N–H and O–H groups in total. The molecule has 0 spiro atoms. The number of anilines is 2. The molecule has 0 heterocycles. The van der Waals surface area contributed by atoms with Gasteiger partial charge in [-0.3, -0.25) is 0 Å². The number of benzene rings is 3. The molecule has 0 saturated heterocycles. The first-order valence-electron chi connectivity index (χ1n) is 9.21. The largest absolute Gasteiger partial charge is 0.497 e. The maximum atomic E-state index is 6.31. The fraction of sp³-hybridized carbons (Fsp3) is 0.174. The van der Waals surface area contributed by atoms with Gasteiger partial charge in [0.05, 0.1) is 25.6 Å². The van der Waals surface area contributed by atoms with E-state index >= 15 is 0 Å². The molecule has 0 unspecified atom stereocenters. The van der Waals surface area contributed by atoms with Crippen molar-refractivity contribution in [2.24, 2.45) is 10.7 Å². The molecular weight excluding hydrogens is 364 g/mol. The smallest absolute Gasteiger partial charge is 0.198 e. The van der Waals surface area contributed by atoms with Gasteiger partial charge in [0.2, 0.25) is 0 Å². The summed E-state index contributed by atoms with van der Waals surface area (Å²) in [4.78, 5) is 4.49. The lowest BCUT2D eigenvalue weighted by atomic mass is 10.0.